The number of amides is 2. The maximum Gasteiger partial charge on any atom is 0.242 e. The van der Waals surface area contributed by atoms with E-state index in [0.29, 0.717) is 19.7 Å². The Morgan fingerprint density at radius 2 is 2.09 bits per heavy atom. The lowest BCUT2D eigenvalue weighted by Gasteiger charge is -2.30. The summed E-state index contributed by atoms with van der Waals surface area (Å²) in [6.45, 7) is 5.19. The van der Waals surface area contributed by atoms with Crippen LogP contribution in [0.1, 0.15) is 19.4 Å². The van der Waals surface area contributed by atoms with Gasteiger partial charge in [-0.15, -0.1) is 0 Å². The Balaban J connectivity index is 1.79. The van der Waals surface area contributed by atoms with Gasteiger partial charge in [-0.05, 0) is 19.4 Å². The molecule has 120 valence electrons. The number of carbonyl (C=O) groups excluding carboxylic acids is 2. The van der Waals surface area contributed by atoms with E-state index >= 15 is 0 Å². The van der Waals surface area contributed by atoms with Crippen LogP contribution in [0.5, 0.6) is 0 Å². The van der Waals surface area contributed by atoms with Gasteiger partial charge in [0.2, 0.25) is 11.8 Å². The average Bonchev–Trinajstić information content (AvgIpc) is 2.53. The molecule has 0 bridgehead atoms. The Bertz CT molecular complexity index is 507. The van der Waals surface area contributed by atoms with Crippen molar-refractivity contribution >= 4 is 11.8 Å². The molecule has 0 radical (unpaired) electrons. The average molecular weight is 305 g/mol. The molecule has 3 N–H and O–H groups in total. The highest BCUT2D eigenvalue weighted by Crippen LogP contribution is 2.04. The van der Waals surface area contributed by atoms with Gasteiger partial charge in [0.05, 0.1) is 12.7 Å². The summed E-state index contributed by atoms with van der Waals surface area (Å²) in [6.07, 6.45) is -0.201. The first-order valence-electron chi connectivity index (χ1n) is 7.55. The number of hydrogen-bond donors (Lipinski definition) is 3. The highest BCUT2D eigenvalue weighted by Gasteiger charge is 2.29. The van der Waals surface area contributed by atoms with Crippen LogP contribution in [-0.2, 0) is 20.9 Å². The smallest absolute Gasteiger partial charge is 0.242 e. The van der Waals surface area contributed by atoms with Crippen LogP contribution in [0.3, 0.4) is 0 Å². The van der Waals surface area contributed by atoms with E-state index in [1.165, 1.54) is 0 Å². The zero-order chi connectivity index (χ0) is 15.9. The molecular formula is C16H23N3O3. The SMILES string of the molecule is CC(NC(=O)[C@H]1NCCO[C@@H]1C)C(=O)NCc1ccccc1. The summed E-state index contributed by atoms with van der Waals surface area (Å²) in [4.78, 5) is 24.2. The molecular weight excluding hydrogens is 282 g/mol. The van der Waals surface area contributed by atoms with Crippen LogP contribution in [0.15, 0.2) is 30.3 Å². The number of morpholine rings is 1. The van der Waals surface area contributed by atoms with Gasteiger partial charge in [-0.1, -0.05) is 30.3 Å². The Morgan fingerprint density at radius 1 is 1.36 bits per heavy atom. The molecule has 1 fully saturated rings. The number of carbonyl (C=O) groups is 2. The van der Waals surface area contributed by atoms with Gasteiger partial charge in [0.25, 0.3) is 0 Å². The summed E-state index contributed by atoms with van der Waals surface area (Å²) in [5.74, 6) is -0.420. The third-order valence-electron chi connectivity index (χ3n) is 3.66. The van der Waals surface area contributed by atoms with Crippen molar-refractivity contribution in [2.24, 2.45) is 0 Å². The molecule has 6 heteroatoms. The molecule has 3 atom stereocenters. The first-order chi connectivity index (χ1) is 10.6. The van der Waals surface area contributed by atoms with Crippen LogP contribution in [0.2, 0.25) is 0 Å². The first-order valence-corrected chi connectivity index (χ1v) is 7.55. The minimum absolute atomic E-state index is 0.201. The molecule has 2 rings (SSSR count). The minimum Gasteiger partial charge on any atom is -0.375 e. The molecule has 1 aliphatic rings. The largest absolute Gasteiger partial charge is 0.375 e. The van der Waals surface area contributed by atoms with Crippen LogP contribution >= 0.6 is 0 Å². The Morgan fingerprint density at radius 3 is 2.77 bits per heavy atom. The zero-order valence-corrected chi connectivity index (χ0v) is 13.0. The van der Waals surface area contributed by atoms with E-state index in [1.807, 2.05) is 37.3 Å². The van der Waals surface area contributed by atoms with E-state index in [-0.39, 0.29) is 17.9 Å². The van der Waals surface area contributed by atoms with E-state index < -0.39 is 12.1 Å². The number of hydrogen-bond acceptors (Lipinski definition) is 4. The van der Waals surface area contributed by atoms with Gasteiger partial charge in [-0.3, -0.25) is 9.59 Å². The molecule has 0 spiro atoms. The molecule has 1 unspecified atom stereocenters. The summed E-state index contributed by atoms with van der Waals surface area (Å²) < 4.78 is 5.44. The van der Waals surface area contributed by atoms with Crippen molar-refractivity contribution in [1.82, 2.24) is 16.0 Å². The predicted molar refractivity (Wildman–Crippen MR) is 83.1 cm³/mol. The van der Waals surface area contributed by atoms with Crippen molar-refractivity contribution in [1.29, 1.82) is 0 Å². The second-order valence-electron chi connectivity index (χ2n) is 5.44. The molecule has 0 aromatic heterocycles. The van der Waals surface area contributed by atoms with Gasteiger partial charge in [0, 0.05) is 13.1 Å². The maximum atomic E-state index is 12.2. The number of benzene rings is 1. The summed E-state index contributed by atoms with van der Waals surface area (Å²) in [7, 11) is 0. The molecule has 1 aromatic carbocycles. The van der Waals surface area contributed by atoms with Crippen LogP contribution in [0, 0.1) is 0 Å². The van der Waals surface area contributed by atoms with Crippen LogP contribution in [0.4, 0.5) is 0 Å². The molecule has 1 saturated heterocycles. The number of nitrogens with one attached hydrogen (secondary N) is 3. The van der Waals surface area contributed by atoms with Crippen molar-refractivity contribution < 1.29 is 14.3 Å². The fourth-order valence-corrected chi connectivity index (χ4v) is 2.33. The Labute approximate surface area is 130 Å². The lowest BCUT2D eigenvalue weighted by Crippen LogP contribution is -2.58. The first kappa shape index (κ1) is 16.5. The fourth-order valence-electron chi connectivity index (χ4n) is 2.33. The third-order valence-corrected chi connectivity index (χ3v) is 3.66. The van der Waals surface area contributed by atoms with Crippen molar-refractivity contribution in [2.45, 2.75) is 38.6 Å². The van der Waals surface area contributed by atoms with Gasteiger partial charge in [-0.25, -0.2) is 0 Å². The topological polar surface area (TPSA) is 79.5 Å². The zero-order valence-electron chi connectivity index (χ0n) is 13.0. The number of ether oxygens (including phenoxy) is 1. The highest BCUT2D eigenvalue weighted by molar-refractivity contribution is 5.89. The molecule has 1 heterocycles. The van der Waals surface area contributed by atoms with Crippen LogP contribution in [0.25, 0.3) is 0 Å². The van der Waals surface area contributed by atoms with Gasteiger partial charge in [0.1, 0.15) is 12.1 Å². The van der Waals surface area contributed by atoms with E-state index in [0.717, 1.165) is 5.56 Å². The normalized spacial score (nSPS) is 22.6. The van der Waals surface area contributed by atoms with Crippen LogP contribution in [-0.4, -0.2) is 43.2 Å². The molecule has 1 aliphatic heterocycles. The lowest BCUT2D eigenvalue weighted by molar-refractivity contribution is -0.133. The van der Waals surface area contributed by atoms with Crippen LogP contribution < -0.4 is 16.0 Å². The van der Waals surface area contributed by atoms with E-state index in [1.54, 1.807) is 6.92 Å². The summed E-state index contributed by atoms with van der Waals surface area (Å²) in [5.41, 5.74) is 1.02. The summed E-state index contributed by atoms with van der Waals surface area (Å²) in [6, 6.07) is 8.63. The van der Waals surface area contributed by atoms with Crippen molar-refractivity contribution in [3.8, 4) is 0 Å². The van der Waals surface area contributed by atoms with Gasteiger partial charge >= 0.3 is 0 Å². The maximum absolute atomic E-state index is 12.2. The minimum atomic E-state index is -0.591. The van der Waals surface area contributed by atoms with E-state index in [4.69, 9.17) is 4.74 Å². The summed E-state index contributed by atoms with van der Waals surface area (Å²) >= 11 is 0. The molecule has 2 amide bonds. The Hall–Kier alpha value is -1.92. The van der Waals surface area contributed by atoms with Crippen molar-refractivity contribution in [3.05, 3.63) is 35.9 Å². The van der Waals surface area contributed by atoms with Gasteiger partial charge in [-0.2, -0.15) is 0 Å². The standard InChI is InChI=1S/C16H23N3O3/c1-11(15(20)18-10-13-6-4-3-5-7-13)19-16(21)14-12(2)22-9-8-17-14/h3-7,11-12,14,17H,8-10H2,1-2H3,(H,18,20)(H,19,21)/t11?,12-,14+/m1/s1. The monoisotopic (exact) mass is 305 g/mol. The number of rotatable bonds is 5. The quantitative estimate of drug-likeness (QED) is 0.725. The van der Waals surface area contributed by atoms with E-state index in [9.17, 15) is 9.59 Å². The van der Waals surface area contributed by atoms with Gasteiger partial charge in [0.15, 0.2) is 0 Å². The lowest BCUT2D eigenvalue weighted by atomic mass is 10.1. The van der Waals surface area contributed by atoms with Crippen molar-refractivity contribution in [3.63, 3.8) is 0 Å². The third kappa shape index (κ3) is 4.54. The van der Waals surface area contributed by atoms with E-state index in [2.05, 4.69) is 16.0 Å². The second-order valence-corrected chi connectivity index (χ2v) is 5.44. The summed E-state index contributed by atoms with van der Waals surface area (Å²) in [5, 5.41) is 8.64. The molecule has 0 saturated carbocycles. The van der Waals surface area contributed by atoms with Crippen molar-refractivity contribution in [2.75, 3.05) is 13.2 Å². The predicted octanol–water partition coefficient (Wildman–Crippen LogP) is 0.184. The highest BCUT2D eigenvalue weighted by atomic mass is 16.5. The second kappa shape index (κ2) is 7.91. The fraction of sp³-hybridized carbons (Fsp3) is 0.500. The van der Waals surface area contributed by atoms with Gasteiger partial charge < -0.3 is 20.7 Å². The molecule has 0 aliphatic carbocycles. The Kier molecular flexibility index (Phi) is 5.91. The molecule has 1 aromatic rings. The molecule has 22 heavy (non-hydrogen) atoms. The molecule has 6 nitrogen and oxygen atoms in total.